The average molecular weight is 270 g/mol. The van der Waals surface area contributed by atoms with E-state index in [4.69, 9.17) is 9.47 Å². The quantitative estimate of drug-likeness (QED) is 0.806. The van der Waals surface area contributed by atoms with Crippen LogP contribution in [0.4, 0.5) is 0 Å². The molecule has 2 aliphatic carbocycles. The summed E-state index contributed by atoms with van der Waals surface area (Å²) in [6.07, 6.45) is 3.92. The lowest BCUT2D eigenvalue weighted by atomic mass is 9.70. The van der Waals surface area contributed by atoms with Crippen LogP contribution in [0.3, 0.4) is 0 Å². The molecule has 2 rings (SSSR count). The first-order valence-electron chi connectivity index (χ1n) is 7.68. The van der Waals surface area contributed by atoms with Crippen LogP contribution in [0, 0.1) is 16.7 Å². The Morgan fingerprint density at radius 1 is 1.21 bits per heavy atom. The van der Waals surface area contributed by atoms with Crippen molar-refractivity contribution in [2.45, 2.75) is 72.2 Å². The van der Waals surface area contributed by atoms with Gasteiger partial charge in [0.15, 0.2) is 0 Å². The molecule has 2 fully saturated rings. The van der Waals surface area contributed by atoms with Gasteiger partial charge in [0.25, 0.3) is 0 Å². The van der Waals surface area contributed by atoms with Gasteiger partial charge >= 0.3 is 0 Å². The van der Waals surface area contributed by atoms with Gasteiger partial charge in [-0.2, -0.15) is 0 Å². The number of hydrogen-bond acceptors (Lipinski definition) is 3. The topological polar surface area (TPSA) is 38.7 Å². The fraction of sp³-hybridized carbons (Fsp3) is 1.00. The van der Waals surface area contributed by atoms with E-state index < -0.39 is 6.10 Å². The molecular weight excluding hydrogens is 240 g/mol. The van der Waals surface area contributed by atoms with E-state index in [1.54, 1.807) is 6.92 Å². The molecule has 0 spiro atoms. The third-order valence-electron chi connectivity index (χ3n) is 5.82. The lowest BCUT2D eigenvalue weighted by Crippen LogP contribution is -2.39. The highest BCUT2D eigenvalue weighted by molar-refractivity contribution is 5.11. The predicted molar refractivity (Wildman–Crippen MR) is 76.1 cm³/mol. The monoisotopic (exact) mass is 270 g/mol. The van der Waals surface area contributed by atoms with E-state index in [2.05, 4.69) is 27.7 Å². The zero-order chi connectivity index (χ0) is 14.3. The molecule has 0 aromatic heterocycles. The van der Waals surface area contributed by atoms with Crippen LogP contribution in [0.15, 0.2) is 0 Å². The SMILES string of the molecule is CC(O)COCC(C)OC1CC2CCC1(C)C2(C)C. The van der Waals surface area contributed by atoms with Crippen molar-refractivity contribution in [3.8, 4) is 0 Å². The maximum absolute atomic E-state index is 9.18. The van der Waals surface area contributed by atoms with Gasteiger partial charge in [0.1, 0.15) is 0 Å². The van der Waals surface area contributed by atoms with E-state index in [9.17, 15) is 5.11 Å². The highest BCUT2D eigenvalue weighted by Gasteiger charge is 2.62. The molecule has 0 aromatic rings. The minimum Gasteiger partial charge on any atom is -0.391 e. The first kappa shape index (κ1) is 15.3. The minimum atomic E-state index is -0.397. The molecule has 0 heterocycles. The molecule has 5 atom stereocenters. The second-order valence-electron chi connectivity index (χ2n) is 7.43. The zero-order valence-corrected chi connectivity index (χ0v) is 13.1. The van der Waals surface area contributed by atoms with Gasteiger partial charge in [-0.1, -0.05) is 20.8 Å². The maximum Gasteiger partial charge on any atom is 0.0784 e. The smallest absolute Gasteiger partial charge is 0.0784 e. The van der Waals surface area contributed by atoms with Gasteiger partial charge < -0.3 is 14.6 Å². The fourth-order valence-corrected chi connectivity index (χ4v) is 4.06. The lowest BCUT2D eigenvalue weighted by molar-refractivity contribution is -0.107. The van der Waals surface area contributed by atoms with Crippen molar-refractivity contribution in [2.24, 2.45) is 16.7 Å². The van der Waals surface area contributed by atoms with Crippen LogP contribution < -0.4 is 0 Å². The molecule has 0 radical (unpaired) electrons. The molecule has 3 heteroatoms. The van der Waals surface area contributed by atoms with Gasteiger partial charge in [-0.25, -0.2) is 0 Å². The number of aliphatic hydroxyl groups excluding tert-OH is 1. The Morgan fingerprint density at radius 3 is 2.37 bits per heavy atom. The molecule has 19 heavy (non-hydrogen) atoms. The Bertz CT molecular complexity index is 313. The summed E-state index contributed by atoms with van der Waals surface area (Å²) in [7, 11) is 0. The van der Waals surface area contributed by atoms with Crippen molar-refractivity contribution in [2.75, 3.05) is 13.2 Å². The van der Waals surface area contributed by atoms with Gasteiger partial charge in [-0.3, -0.25) is 0 Å². The Labute approximate surface area is 117 Å². The molecule has 2 saturated carbocycles. The molecular formula is C16H30O3. The highest BCUT2D eigenvalue weighted by Crippen LogP contribution is 2.66. The molecule has 0 saturated heterocycles. The Hall–Kier alpha value is -0.120. The third kappa shape index (κ3) is 2.70. The molecule has 2 bridgehead atoms. The van der Waals surface area contributed by atoms with Crippen LogP contribution in [0.25, 0.3) is 0 Å². The summed E-state index contributed by atoms with van der Waals surface area (Å²) in [5.41, 5.74) is 0.716. The van der Waals surface area contributed by atoms with Crippen LogP contribution in [0.1, 0.15) is 53.9 Å². The Balaban J connectivity index is 1.84. The summed E-state index contributed by atoms with van der Waals surface area (Å²) in [4.78, 5) is 0. The molecule has 0 aliphatic heterocycles. The first-order chi connectivity index (χ1) is 8.77. The molecule has 5 unspecified atom stereocenters. The van der Waals surface area contributed by atoms with E-state index >= 15 is 0 Å². The fourth-order valence-electron chi connectivity index (χ4n) is 4.06. The van der Waals surface area contributed by atoms with Crippen LogP contribution >= 0.6 is 0 Å². The Morgan fingerprint density at radius 2 is 1.89 bits per heavy atom. The van der Waals surface area contributed by atoms with Crippen molar-refractivity contribution in [1.82, 2.24) is 0 Å². The molecule has 3 nitrogen and oxygen atoms in total. The van der Waals surface area contributed by atoms with Crippen molar-refractivity contribution in [3.63, 3.8) is 0 Å². The van der Waals surface area contributed by atoms with E-state index in [-0.39, 0.29) is 6.10 Å². The van der Waals surface area contributed by atoms with Crippen LogP contribution in [-0.4, -0.2) is 36.6 Å². The number of aliphatic hydroxyl groups is 1. The largest absolute Gasteiger partial charge is 0.391 e. The first-order valence-corrected chi connectivity index (χ1v) is 7.68. The summed E-state index contributed by atoms with van der Waals surface area (Å²) in [5, 5.41) is 9.18. The normalized spacial score (nSPS) is 39.5. The third-order valence-corrected chi connectivity index (χ3v) is 5.82. The van der Waals surface area contributed by atoms with Crippen molar-refractivity contribution in [3.05, 3.63) is 0 Å². The molecule has 112 valence electrons. The predicted octanol–water partition coefficient (Wildman–Crippen LogP) is 3.00. The number of ether oxygens (including phenoxy) is 2. The van der Waals surface area contributed by atoms with Crippen LogP contribution in [0.2, 0.25) is 0 Å². The van der Waals surface area contributed by atoms with Crippen molar-refractivity contribution >= 4 is 0 Å². The Kier molecular flexibility index (Phi) is 4.29. The van der Waals surface area contributed by atoms with Gasteiger partial charge in [-0.15, -0.1) is 0 Å². The van der Waals surface area contributed by atoms with Gasteiger partial charge in [0.05, 0.1) is 31.5 Å². The second-order valence-corrected chi connectivity index (χ2v) is 7.43. The van der Waals surface area contributed by atoms with Crippen LogP contribution in [0.5, 0.6) is 0 Å². The number of hydrogen-bond donors (Lipinski definition) is 1. The minimum absolute atomic E-state index is 0.107. The van der Waals surface area contributed by atoms with E-state index in [1.807, 2.05) is 0 Å². The van der Waals surface area contributed by atoms with E-state index in [1.165, 1.54) is 19.3 Å². The van der Waals surface area contributed by atoms with Gasteiger partial charge in [0, 0.05) is 0 Å². The summed E-state index contributed by atoms with van der Waals surface area (Å²) >= 11 is 0. The van der Waals surface area contributed by atoms with E-state index in [0.29, 0.717) is 30.1 Å². The zero-order valence-electron chi connectivity index (χ0n) is 13.1. The molecule has 0 amide bonds. The number of rotatable bonds is 6. The number of fused-ring (bicyclic) bond motifs is 2. The molecule has 0 aromatic carbocycles. The van der Waals surface area contributed by atoms with Crippen LogP contribution in [-0.2, 0) is 9.47 Å². The standard InChI is InChI=1S/C16H30O3/c1-11(17)9-18-10-12(2)19-14-8-13-6-7-16(14,5)15(13,3)4/h11-14,17H,6-10H2,1-5H3. The summed E-state index contributed by atoms with van der Waals surface area (Å²) in [6, 6.07) is 0. The maximum atomic E-state index is 9.18. The highest BCUT2D eigenvalue weighted by atomic mass is 16.5. The second kappa shape index (κ2) is 5.34. The summed E-state index contributed by atoms with van der Waals surface area (Å²) < 4.78 is 11.7. The summed E-state index contributed by atoms with van der Waals surface area (Å²) in [6.45, 7) is 12.0. The molecule has 2 aliphatic rings. The summed E-state index contributed by atoms with van der Waals surface area (Å²) in [5.74, 6) is 0.813. The van der Waals surface area contributed by atoms with Gasteiger partial charge in [-0.05, 0) is 49.9 Å². The van der Waals surface area contributed by atoms with Gasteiger partial charge in [0.2, 0.25) is 0 Å². The average Bonchev–Trinajstić information content (AvgIpc) is 2.61. The van der Waals surface area contributed by atoms with Crippen molar-refractivity contribution < 1.29 is 14.6 Å². The lowest BCUT2D eigenvalue weighted by Gasteiger charge is -2.40. The molecule has 1 N–H and O–H groups in total. The van der Waals surface area contributed by atoms with Crippen molar-refractivity contribution in [1.29, 1.82) is 0 Å². The van der Waals surface area contributed by atoms with E-state index in [0.717, 1.165) is 5.92 Å².